The van der Waals surface area contributed by atoms with E-state index in [1.54, 1.807) is 11.6 Å². The minimum atomic E-state index is -3.67. The zero-order chi connectivity index (χ0) is 19.4. The summed E-state index contributed by atoms with van der Waals surface area (Å²) in [5.74, 6) is -0.241. The van der Waals surface area contributed by atoms with Crippen molar-refractivity contribution >= 4 is 45.0 Å². The zero-order valence-corrected chi connectivity index (χ0v) is 16.9. The van der Waals surface area contributed by atoms with Crippen LogP contribution in [-0.2, 0) is 26.6 Å². The minimum Gasteiger partial charge on any atom is -0.379 e. The van der Waals surface area contributed by atoms with Gasteiger partial charge in [0.15, 0.2) is 5.16 Å². The van der Waals surface area contributed by atoms with Crippen LogP contribution in [0, 0.1) is 0 Å². The summed E-state index contributed by atoms with van der Waals surface area (Å²) < 4.78 is 33.7. The number of anilines is 1. The van der Waals surface area contributed by atoms with Crippen LogP contribution in [0.5, 0.6) is 0 Å². The predicted molar refractivity (Wildman–Crippen MR) is 101 cm³/mol. The van der Waals surface area contributed by atoms with Crippen LogP contribution in [0.15, 0.2) is 34.6 Å². The molecule has 0 radical (unpaired) electrons. The van der Waals surface area contributed by atoms with Gasteiger partial charge in [-0.2, -0.15) is 4.31 Å². The molecule has 0 bridgehead atoms. The third kappa shape index (κ3) is 4.79. The number of aromatic nitrogens is 3. The van der Waals surface area contributed by atoms with Gasteiger partial charge in [-0.05, 0) is 18.2 Å². The molecule has 9 nitrogen and oxygen atoms in total. The third-order valence-electron chi connectivity index (χ3n) is 3.82. The molecule has 1 aromatic carbocycles. The Labute approximate surface area is 166 Å². The van der Waals surface area contributed by atoms with E-state index in [1.165, 1.54) is 40.6 Å². The van der Waals surface area contributed by atoms with Gasteiger partial charge in [-0.25, -0.2) is 8.42 Å². The fraction of sp³-hybridized carbons (Fsp3) is 0.400. The van der Waals surface area contributed by atoms with E-state index in [1.807, 2.05) is 0 Å². The van der Waals surface area contributed by atoms with Crippen LogP contribution in [0.3, 0.4) is 0 Å². The highest BCUT2D eigenvalue weighted by Crippen LogP contribution is 2.27. The van der Waals surface area contributed by atoms with E-state index in [9.17, 15) is 13.2 Å². The first-order valence-corrected chi connectivity index (χ1v) is 10.8. The maximum atomic E-state index is 12.7. The monoisotopic (exact) mass is 431 g/mol. The summed E-state index contributed by atoms with van der Waals surface area (Å²) in [6, 6.07) is 4.26. The molecule has 0 saturated carbocycles. The molecule has 0 unspecified atom stereocenters. The fourth-order valence-electron chi connectivity index (χ4n) is 2.42. The normalized spacial score (nSPS) is 15.6. The quantitative estimate of drug-likeness (QED) is 0.685. The Morgan fingerprint density at radius 2 is 2.11 bits per heavy atom. The van der Waals surface area contributed by atoms with Gasteiger partial charge in [0.1, 0.15) is 6.33 Å². The van der Waals surface area contributed by atoms with Gasteiger partial charge in [0.05, 0.1) is 34.6 Å². The van der Waals surface area contributed by atoms with Crippen LogP contribution in [0.1, 0.15) is 0 Å². The molecule has 12 heteroatoms. The van der Waals surface area contributed by atoms with Gasteiger partial charge >= 0.3 is 0 Å². The van der Waals surface area contributed by atoms with E-state index < -0.39 is 10.0 Å². The fourth-order valence-corrected chi connectivity index (χ4v) is 4.70. The summed E-state index contributed by atoms with van der Waals surface area (Å²) in [7, 11) is -1.90. The molecule has 3 rings (SSSR count). The number of thioether (sulfide) groups is 1. The smallest absolute Gasteiger partial charge is 0.243 e. The summed E-state index contributed by atoms with van der Waals surface area (Å²) in [5.41, 5.74) is 0.245. The van der Waals surface area contributed by atoms with E-state index in [0.717, 1.165) is 0 Å². The number of nitrogens with one attached hydrogen (secondary N) is 1. The number of ether oxygens (including phenoxy) is 1. The predicted octanol–water partition coefficient (Wildman–Crippen LogP) is 1.22. The van der Waals surface area contributed by atoms with Gasteiger partial charge in [-0.3, -0.25) is 4.79 Å². The second-order valence-electron chi connectivity index (χ2n) is 5.72. The van der Waals surface area contributed by atoms with E-state index in [2.05, 4.69) is 15.5 Å². The number of nitrogens with zero attached hydrogens (tertiary/aromatic N) is 4. The number of hydrogen-bond donors (Lipinski definition) is 1. The van der Waals surface area contributed by atoms with Crippen molar-refractivity contribution in [2.24, 2.45) is 7.05 Å². The van der Waals surface area contributed by atoms with Crippen LogP contribution in [0.25, 0.3) is 0 Å². The van der Waals surface area contributed by atoms with Crippen molar-refractivity contribution in [3.05, 3.63) is 29.5 Å². The number of aryl methyl sites for hydroxylation is 1. The number of halogens is 1. The highest BCUT2D eigenvalue weighted by Gasteiger charge is 2.27. The number of carbonyl (C=O) groups excluding carboxylic acids is 1. The van der Waals surface area contributed by atoms with Gasteiger partial charge in [0.2, 0.25) is 15.9 Å². The van der Waals surface area contributed by atoms with E-state index in [0.29, 0.717) is 31.5 Å². The number of sulfonamides is 1. The van der Waals surface area contributed by atoms with Crippen molar-refractivity contribution in [2.45, 2.75) is 10.1 Å². The standard InChI is InChI=1S/C15H18ClN5O4S2/c1-20-10-17-19-15(20)26-9-14(22)18-13-8-11(2-3-12(13)16)27(23,24)21-4-6-25-7-5-21/h2-3,8,10H,4-7,9H2,1H3,(H,18,22). The van der Waals surface area contributed by atoms with Gasteiger partial charge in [0.25, 0.3) is 0 Å². The molecule has 1 N–H and O–H groups in total. The molecule has 1 saturated heterocycles. The lowest BCUT2D eigenvalue weighted by Gasteiger charge is -2.26. The Bertz CT molecular complexity index is 928. The topological polar surface area (TPSA) is 106 Å². The highest BCUT2D eigenvalue weighted by atomic mass is 35.5. The van der Waals surface area contributed by atoms with Gasteiger partial charge < -0.3 is 14.6 Å². The van der Waals surface area contributed by atoms with E-state index >= 15 is 0 Å². The third-order valence-corrected chi connectivity index (χ3v) is 7.08. The summed E-state index contributed by atoms with van der Waals surface area (Å²) in [6.45, 7) is 1.30. The molecule has 146 valence electrons. The summed E-state index contributed by atoms with van der Waals surface area (Å²) >= 11 is 7.34. The average Bonchev–Trinajstić information content (AvgIpc) is 3.07. The Morgan fingerprint density at radius 3 is 2.78 bits per heavy atom. The molecule has 0 atom stereocenters. The van der Waals surface area contributed by atoms with E-state index in [4.69, 9.17) is 16.3 Å². The maximum absolute atomic E-state index is 12.7. The molecule has 2 heterocycles. The van der Waals surface area contributed by atoms with Crippen LogP contribution < -0.4 is 5.32 Å². The lowest BCUT2D eigenvalue weighted by Crippen LogP contribution is -2.40. The molecule has 27 heavy (non-hydrogen) atoms. The molecular weight excluding hydrogens is 414 g/mol. The molecule has 1 amide bonds. The Hall–Kier alpha value is -1.66. The number of hydrogen-bond acceptors (Lipinski definition) is 7. The molecule has 0 spiro atoms. The van der Waals surface area contributed by atoms with Crippen molar-refractivity contribution in [3.8, 4) is 0 Å². The largest absolute Gasteiger partial charge is 0.379 e. The Morgan fingerprint density at radius 1 is 1.37 bits per heavy atom. The molecule has 1 aliphatic rings. The number of benzene rings is 1. The second kappa shape index (κ2) is 8.57. The number of rotatable bonds is 6. The Kier molecular flexibility index (Phi) is 6.37. The van der Waals surface area contributed by atoms with Crippen molar-refractivity contribution < 1.29 is 17.9 Å². The number of morpholine rings is 1. The van der Waals surface area contributed by atoms with Crippen LogP contribution in [0.4, 0.5) is 5.69 Å². The first kappa shape index (κ1) is 20.1. The summed E-state index contributed by atoms with van der Waals surface area (Å²) in [4.78, 5) is 12.3. The summed E-state index contributed by atoms with van der Waals surface area (Å²) in [5, 5.41) is 11.1. The molecule has 1 fully saturated rings. The maximum Gasteiger partial charge on any atom is 0.243 e. The van der Waals surface area contributed by atoms with Gasteiger partial charge in [-0.15, -0.1) is 10.2 Å². The zero-order valence-electron chi connectivity index (χ0n) is 14.5. The molecule has 2 aromatic rings. The van der Waals surface area contributed by atoms with Gasteiger partial charge in [0, 0.05) is 20.1 Å². The van der Waals surface area contributed by atoms with Crippen molar-refractivity contribution in [1.82, 2.24) is 19.1 Å². The van der Waals surface area contributed by atoms with Gasteiger partial charge in [-0.1, -0.05) is 23.4 Å². The molecular formula is C15H18ClN5O4S2. The van der Waals surface area contributed by atoms with Crippen LogP contribution >= 0.6 is 23.4 Å². The Balaban J connectivity index is 1.71. The van der Waals surface area contributed by atoms with E-state index in [-0.39, 0.29) is 27.3 Å². The van der Waals surface area contributed by atoms with Crippen LogP contribution in [0.2, 0.25) is 5.02 Å². The average molecular weight is 432 g/mol. The van der Waals surface area contributed by atoms with Crippen LogP contribution in [-0.4, -0.2) is 65.5 Å². The van der Waals surface area contributed by atoms with Crippen molar-refractivity contribution in [3.63, 3.8) is 0 Å². The highest BCUT2D eigenvalue weighted by molar-refractivity contribution is 7.99. The minimum absolute atomic E-state index is 0.0741. The number of amides is 1. The molecule has 1 aromatic heterocycles. The lowest BCUT2D eigenvalue weighted by molar-refractivity contribution is -0.113. The number of carbonyl (C=O) groups is 1. The molecule has 1 aliphatic heterocycles. The summed E-state index contributed by atoms with van der Waals surface area (Å²) in [6.07, 6.45) is 1.54. The van der Waals surface area contributed by atoms with Crippen molar-refractivity contribution in [2.75, 3.05) is 37.4 Å². The first-order chi connectivity index (χ1) is 12.9. The lowest BCUT2D eigenvalue weighted by atomic mass is 10.3. The molecule has 0 aliphatic carbocycles. The second-order valence-corrected chi connectivity index (χ2v) is 9.01. The SMILES string of the molecule is Cn1cnnc1SCC(=O)Nc1cc(S(=O)(=O)N2CCOCC2)ccc1Cl. The van der Waals surface area contributed by atoms with Crippen molar-refractivity contribution in [1.29, 1.82) is 0 Å². The first-order valence-electron chi connectivity index (χ1n) is 8.02.